The van der Waals surface area contributed by atoms with Crippen LogP contribution in [0.2, 0.25) is 5.02 Å². The molecule has 0 radical (unpaired) electrons. The molecule has 4 aromatic carbocycles. The number of ether oxygens (including phenoxy) is 3. The van der Waals surface area contributed by atoms with Crippen LogP contribution in [0, 0.1) is 0 Å². The fourth-order valence-corrected chi connectivity index (χ4v) is 6.09. The number of nitrogens with zero attached hydrogens (tertiary/aromatic N) is 1. The van der Waals surface area contributed by atoms with Crippen molar-refractivity contribution in [1.29, 1.82) is 0 Å². The van der Waals surface area contributed by atoms with Crippen molar-refractivity contribution in [3.05, 3.63) is 116 Å². The number of hydrazone groups is 1. The first-order chi connectivity index (χ1) is 21.7. The van der Waals surface area contributed by atoms with Gasteiger partial charge in [-0.3, -0.25) is 9.59 Å². The van der Waals surface area contributed by atoms with Gasteiger partial charge in [0.2, 0.25) is 0 Å². The Morgan fingerprint density at radius 3 is 2.33 bits per heavy atom. The Morgan fingerprint density at radius 1 is 0.911 bits per heavy atom. The molecule has 0 aliphatic rings. The number of halogens is 2. The lowest BCUT2D eigenvalue weighted by Crippen LogP contribution is -2.18. The van der Waals surface area contributed by atoms with E-state index in [2.05, 4.69) is 31.8 Å². The Morgan fingerprint density at radius 2 is 1.62 bits per heavy atom. The van der Waals surface area contributed by atoms with E-state index in [9.17, 15) is 14.4 Å². The molecule has 9 nitrogen and oxygen atoms in total. The van der Waals surface area contributed by atoms with Crippen LogP contribution in [0.5, 0.6) is 17.2 Å². The number of esters is 1. The van der Waals surface area contributed by atoms with Crippen molar-refractivity contribution >= 4 is 78.6 Å². The SMILES string of the molecule is CCOc1cc(/C=N\NC(=O)c2ccc(NC(=O)c3ccc(OC)cc3)cc2)ccc1OC(=O)c1sc2cc(Br)ccc2c1Cl. The zero-order valence-corrected chi connectivity index (χ0v) is 27.1. The molecule has 2 amide bonds. The number of amides is 2. The van der Waals surface area contributed by atoms with Gasteiger partial charge >= 0.3 is 5.97 Å². The third-order valence-corrected chi connectivity index (χ3v) is 8.51. The summed E-state index contributed by atoms with van der Waals surface area (Å²) in [6.45, 7) is 2.14. The minimum absolute atomic E-state index is 0.219. The van der Waals surface area contributed by atoms with Gasteiger partial charge in [-0.15, -0.1) is 11.3 Å². The predicted octanol–water partition coefficient (Wildman–Crippen LogP) is 7.96. The smallest absolute Gasteiger partial charge is 0.355 e. The molecule has 0 aliphatic carbocycles. The summed E-state index contributed by atoms with van der Waals surface area (Å²) in [6.07, 6.45) is 1.44. The second kappa shape index (κ2) is 14.4. The highest BCUT2D eigenvalue weighted by Crippen LogP contribution is 2.38. The maximum absolute atomic E-state index is 13.0. The fraction of sp³-hybridized carbons (Fsp3) is 0.0909. The van der Waals surface area contributed by atoms with Gasteiger partial charge in [-0.1, -0.05) is 33.6 Å². The minimum atomic E-state index is -0.599. The summed E-state index contributed by atoms with van der Waals surface area (Å²) < 4.78 is 18.2. The number of hydrogen-bond donors (Lipinski definition) is 2. The highest BCUT2D eigenvalue weighted by Gasteiger charge is 2.21. The van der Waals surface area contributed by atoms with Gasteiger partial charge in [0.15, 0.2) is 11.5 Å². The second-order valence-electron chi connectivity index (χ2n) is 9.37. The van der Waals surface area contributed by atoms with E-state index in [0.717, 1.165) is 14.6 Å². The van der Waals surface area contributed by atoms with E-state index in [-0.39, 0.29) is 16.5 Å². The third-order valence-electron chi connectivity index (χ3n) is 6.38. The van der Waals surface area contributed by atoms with E-state index < -0.39 is 11.9 Å². The molecule has 12 heteroatoms. The first-order valence-corrected chi connectivity index (χ1v) is 15.5. The Labute approximate surface area is 275 Å². The van der Waals surface area contributed by atoms with Gasteiger partial charge in [-0.25, -0.2) is 10.2 Å². The monoisotopic (exact) mass is 705 g/mol. The zero-order chi connectivity index (χ0) is 31.9. The molecule has 2 N–H and O–H groups in total. The van der Waals surface area contributed by atoms with Crippen molar-refractivity contribution in [2.45, 2.75) is 6.92 Å². The standard InChI is InChI=1S/C33H25BrClN3O6S/c1-3-43-27-16-19(4-15-26(27)44-33(41)30-29(35)25-14-9-22(34)17-28(25)45-30)18-36-38-32(40)21-5-10-23(11-6-21)37-31(39)20-7-12-24(42-2)13-8-20/h4-18H,3H2,1-2H3,(H,37,39)(H,38,40)/b36-18-. The van der Waals surface area contributed by atoms with E-state index in [1.807, 2.05) is 25.1 Å². The molecule has 0 unspecified atom stereocenters. The zero-order valence-electron chi connectivity index (χ0n) is 23.9. The van der Waals surface area contributed by atoms with Crippen LogP contribution in [0.3, 0.4) is 0 Å². The molecule has 0 bridgehead atoms. The van der Waals surface area contributed by atoms with Gasteiger partial charge in [0.05, 0.1) is 25.0 Å². The number of carbonyl (C=O) groups excluding carboxylic acids is 3. The van der Waals surface area contributed by atoms with E-state index in [4.69, 9.17) is 25.8 Å². The normalized spacial score (nSPS) is 10.9. The fourth-order valence-electron chi connectivity index (χ4n) is 4.15. The van der Waals surface area contributed by atoms with Crippen molar-refractivity contribution in [3.8, 4) is 17.2 Å². The molecule has 0 saturated carbocycles. The molecule has 1 heterocycles. The van der Waals surface area contributed by atoms with Crippen LogP contribution in [-0.2, 0) is 0 Å². The average molecular weight is 707 g/mol. The summed E-state index contributed by atoms with van der Waals surface area (Å²) in [7, 11) is 1.55. The molecule has 0 fully saturated rings. The van der Waals surface area contributed by atoms with Gasteiger partial charge < -0.3 is 19.5 Å². The van der Waals surface area contributed by atoms with Crippen LogP contribution in [-0.4, -0.2) is 37.7 Å². The van der Waals surface area contributed by atoms with Crippen LogP contribution >= 0.6 is 38.9 Å². The Balaban J connectivity index is 1.20. The maximum atomic E-state index is 13.0. The highest BCUT2D eigenvalue weighted by molar-refractivity contribution is 9.10. The predicted molar refractivity (Wildman–Crippen MR) is 180 cm³/mol. The number of thiophene rings is 1. The summed E-state index contributed by atoms with van der Waals surface area (Å²) in [5.41, 5.74) is 4.42. The lowest BCUT2D eigenvalue weighted by molar-refractivity contribution is 0.0733. The van der Waals surface area contributed by atoms with Crippen LogP contribution in [0.4, 0.5) is 5.69 Å². The summed E-state index contributed by atoms with van der Waals surface area (Å²) in [5.74, 6) is -0.130. The molecule has 0 spiro atoms. The number of anilines is 1. The molecule has 0 saturated heterocycles. The Hall–Kier alpha value is -4.71. The van der Waals surface area contributed by atoms with Crippen molar-refractivity contribution < 1.29 is 28.6 Å². The molecule has 0 atom stereocenters. The van der Waals surface area contributed by atoms with Gasteiger partial charge in [0, 0.05) is 31.4 Å². The third kappa shape index (κ3) is 7.69. The number of benzene rings is 4. The van der Waals surface area contributed by atoms with Crippen molar-refractivity contribution in [2.24, 2.45) is 5.10 Å². The van der Waals surface area contributed by atoms with E-state index >= 15 is 0 Å². The largest absolute Gasteiger partial charge is 0.497 e. The molecule has 228 valence electrons. The van der Waals surface area contributed by atoms with Gasteiger partial charge in [0.1, 0.15) is 10.6 Å². The Kier molecular flexibility index (Phi) is 10.1. The van der Waals surface area contributed by atoms with Crippen LogP contribution in [0.25, 0.3) is 10.1 Å². The van der Waals surface area contributed by atoms with E-state index in [1.165, 1.54) is 17.6 Å². The minimum Gasteiger partial charge on any atom is -0.497 e. The highest BCUT2D eigenvalue weighted by atomic mass is 79.9. The summed E-state index contributed by atoms with van der Waals surface area (Å²) >= 11 is 11.1. The number of rotatable bonds is 10. The van der Waals surface area contributed by atoms with Crippen molar-refractivity contribution in [3.63, 3.8) is 0 Å². The second-order valence-corrected chi connectivity index (χ2v) is 11.7. The van der Waals surface area contributed by atoms with Crippen LogP contribution < -0.4 is 25.0 Å². The van der Waals surface area contributed by atoms with Crippen molar-refractivity contribution in [1.82, 2.24) is 5.43 Å². The van der Waals surface area contributed by atoms with E-state index in [0.29, 0.717) is 45.5 Å². The molecule has 0 aliphatic heterocycles. The first kappa shape index (κ1) is 31.7. The molecule has 45 heavy (non-hydrogen) atoms. The molecular weight excluding hydrogens is 682 g/mol. The molecule has 5 aromatic rings. The van der Waals surface area contributed by atoms with Crippen LogP contribution in [0.15, 0.2) is 94.5 Å². The van der Waals surface area contributed by atoms with Crippen LogP contribution in [0.1, 0.15) is 42.9 Å². The molecule has 5 rings (SSSR count). The molecule has 1 aromatic heterocycles. The summed E-state index contributed by atoms with van der Waals surface area (Å²) in [5, 5.41) is 7.92. The number of methoxy groups -OCH3 is 1. The number of fused-ring (bicyclic) bond motifs is 1. The van der Waals surface area contributed by atoms with Gasteiger partial charge in [0.25, 0.3) is 11.8 Å². The lowest BCUT2D eigenvalue weighted by Gasteiger charge is -2.11. The number of nitrogens with one attached hydrogen (secondary N) is 2. The van der Waals surface area contributed by atoms with Gasteiger partial charge in [-0.2, -0.15) is 5.10 Å². The summed E-state index contributed by atoms with van der Waals surface area (Å²) in [6, 6.07) is 23.6. The maximum Gasteiger partial charge on any atom is 0.355 e. The number of carbonyl (C=O) groups is 3. The Bertz CT molecular complexity index is 1910. The van der Waals surface area contributed by atoms with E-state index in [1.54, 1.807) is 73.8 Å². The lowest BCUT2D eigenvalue weighted by atomic mass is 10.1. The first-order valence-electron chi connectivity index (χ1n) is 13.5. The topological polar surface area (TPSA) is 115 Å². The average Bonchev–Trinajstić information content (AvgIpc) is 3.37. The quantitative estimate of drug-likeness (QED) is 0.0659. The van der Waals surface area contributed by atoms with Crippen molar-refractivity contribution in [2.75, 3.05) is 19.0 Å². The molecular formula is C33H25BrClN3O6S. The summed E-state index contributed by atoms with van der Waals surface area (Å²) in [4.78, 5) is 38.4. The number of hydrogen-bond acceptors (Lipinski definition) is 8. The van der Waals surface area contributed by atoms with Gasteiger partial charge in [-0.05, 0) is 91.3 Å².